The van der Waals surface area contributed by atoms with Crippen LogP contribution in [0.25, 0.3) is 11.1 Å². The monoisotopic (exact) mass is 445 g/mol. The highest BCUT2D eigenvalue weighted by molar-refractivity contribution is 5.95. The normalized spacial score (nSPS) is 11.9. The maximum atomic E-state index is 13.4. The number of aliphatic hydroxyl groups excluding tert-OH is 1. The van der Waals surface area contributed by atoms with Crippen molar-refractivity contribution in [1.82, 2.24) is 4.90 Å². The van der Waals surface area contributed by atoms with Gasteiger partial charge in [0.15, 0.2) is 6.23 Å². The first-order valence-corrected chi connectivity index (χ1v) is 11.9. The van der Waals surface area contributed by atoms with Crippen molar-refractivity contribution < 1.29 is 14.6 Å². The number of aliphatic hydroxyl groups is 1. The highest BCUT2D eigenvalue weighted by Crippen LogP contribution is 2.31. The number of carbonyl (C=O) groups excluding carboxylic acids is 1. The molecule has 33 heavy (non-hydrogen) atoms. The number of nitrogens with zero attached hydrogens (tertiary/aromatic N) is 1. The van der Waals surface area contributed by atoms with E-state index in [1.165, 1.54) is 17.7 Å². The zero-order valence-corrected chi connectivity index (χ0v) is 19.9. The largest absolute Gasteiger partial charge is 0.493 e. The van der Waals surface area contributed by atoms with Gasteiger partial charge in [-0.3, -0.25) is 4.79 Å². The van der Waals surface area contributed by atoms with E-state index in [0.717, 1.165) is 24.0 Å². The van der Waals surface area contributed by atoms with Crippen LogP contribution >= 0.6 is 0 Å². The van der Waals surface area contributed by atoms with Gasteiger partial charge in [0.1, 0.15) is 5.75 Å². The maximum absolute atomic E-state index is 13.4. The second kappa shape index (κ2) is 12.2. The lowest BCUT2D eigenvalue weighted by molar-refractivity contribution is -0.00891. The summed E-state index contributed by atoms with van der Waals surface area (Å²) in [6, 6.07) is 24.8. The van der Waals surface area contributed by atoms with Crippen molar-refractivity contribution in [2.24, 2.45) is 0 Å². The number of carbonyl (C=O) groups is 1. The molecule has 174 valence electrons. The summed E-state index contributed by atoms with van der Waals surface area (Å²) in [5, 5.41) is 11.3. The van der Waals surface area contributed by atoms with Gasteiger partial charge in [-0.25, -0.2) is 0 Å². The van der Waals surface area contributed by atoms with E-state index in [0.29, 0.717) is 23.5 Å². The first-order valence-electron chi connectivity index (χ1n) is 11.9. The highest BCUT2D eigenvalue weighted by Gasteiger charge is 2.28. The molecule has 0 aliphatic carbocycles. The predicted octanol–water partition coefficient (Wildman–Crippen LogP) is 6.85. The fourth-order valence-electron chi connectivity index (χ4n) is 3.90. The molecule has 0 saturated heterocycles. The Balaban J connectivity index is 1.78. The average Bonchev–Trinajstić information content (AvgIpc) is 2.84. The molecule has 0 spiro atoms. The molecule has 1 atom stereocenters. The van der Waals surface area contributed by atoms with Gasteiger partial charge in [-0.1, -0.05) is 86.8 Å². The van der Waals surface area contributed by atoms with E-state index in [1.807, 2.05) is 92.7 Å². The fourth-order valence-corrected chi connectivity index (χ4v) is 3.90. The Morgan fingerprint density at radius 1 is 0.848 bits per heavy atom. The number of hydrogen-bond acceptors (Lipinski definition) is 3. The third kappa shape index (κ3) is 6.45. The Morgan fingerprint density at radius 3 is 2.15 bits per heavy atom. The highest BCUT2D eigenvalue weighted by atomic mass is 16.5. The summed E-state index contributed by atoms with van der Waals surface area (Å²) in [4.78, 5) is 14.9. The van der Waals surface area contributed by atoms with Gasteiger partial charge in [-0.2, -0.15) is 0 Å². The van der Waals surface area contributed by atoms with Gasteiger partial charge in [0, 0.05) is 17.2 Å². The number of para-hydroxylation sites is 1. The van der Waals surface area contributed by atoms with Crippen molar-refractivity contribution in [2.45, 2.75) is 58.7 Å². The molecule has 0 bridgehead atoms. The zero-order chi connectivity index (χ0) is 23.6. The Bertz CT molecular complexity index is 999. The Kier molecular flexibility index (Phi) is 9.08. The van der Waals surface area contributed by atoms with Crippen LogP contribution in [0.2, 0.25) is 0 Å². The summed E-state index contributed by atoms with van der Waals surface area (Å²) in [6.07, 6.45) is 3.35. The number of unbranched alkanes of at least 4 members (excludes halogenated alkanes) is 3. The van der Waals surface area contributed by atoms with Gasteiger partial charge < -0.3 is 14.7 Å². The molecule has 3 aromatic carbocycles. The van der Waals surface area contributed by atoms with Crippen LogP contribution < -0.4 is 4.74 Å². The number of amides is 1. The Hall–Kier alpha value is -3.11. The van der Waals surface area contributed by atoms with E-state index in [-0.39, 0.29) is 11.9 Å². The van der Waals surface area contributed by atoms with Crippen molar-refractivity contribution in [3.63, 3.8) is 0 Å². The third-order valence-corrected chi connectivity index (χ3v) is 5.75. The molecule has 3 aromatic rings. The first kappa shape index (κ1) is 24.5. The topological polar surface area (TPSA) is 49.8 Å². The van der Waals surface area contributed by atoms with E-state index in [9.17, 15) is 9.90 Å². The van der Waals surface area contributed by atoms with Crippen LogP contribution in [0.1, 0.15) is 68.6 Å². The molecule has 0 aliphatic heterocycles. The number of benzene rings is 3. The van der Waals surface area contributed by atoms with Crippen LogP contribution in [0, 0.1) is 0 Å². The molecular formula is C29H35NO3. The van der Waals surface area contributed by atoms with Crippen LogP contribution in [0.15, 0.2) is 78.9 Å². The van der Waals surface area contributed by atoms with Gasteiger partial charge >= 0.3 is 0 Å². The van der Waals surface area contributed by atoms with Crippen LogP contribution in [-0.2, 0) is 0 Å². The first-order chi connectivity index (χ1) is 16.0. The quantitative estimate of drug-likeness (QED) is 0.259. The maximum Gasteiger partial charge on any atom is 0.256 e. The van der Waals surface area contributed by atoms with E-state index in [1.54, 1.807) is 0 Å². The summed E-state index contributed by atoms with van der Waals surface area (Å²) in [6.45, 7) is 6.60. The molecular weight excluding hydrogens is 410 g/mol. The van der Waals surface area contributed by atoms with Gasteiger partial charge in [0.05, 0.1) is 6.61 Å². The minimum absolute atomic E-state index is 0.195. The van der Waals surface area contributed by atoms with Crippen molar-refractivity contribution >= 4 is 5.91 Å². The van der Waals surface area contributed by atoms with Crippen LogP contribution in [0.5, 0.6) is 5.75 Å². The molecule has 1 N–H and O–H groups in total. The second-order valence-corrected chi connectivity index (χ2v) is 8.57. The van der Waals surface area contributed by atoms with Crippen LogP contribution in [0.4, 0.5) is 0 Å². The smallest absolute Gasteiger partial charge is 0.256 e. The number of rotatable bonds is 11. The van der Waals surface area contributed by atoms with Gasteiger partial charge in [-0.15, -0.1) is 0 Å². The summed E-state index contributed by atoms with van der Waals surface area (Å²) >= 11 is 0. The summed E-state index contributed by atoms with van der Waals surface area (Å²) < 4.78 is 5.99. The lowest BCUT2D eigenvalue weighted by Gasteiger charge is -2.32. The standard InChI is InChI=1S/C29H35NO3/c1-4-5-6-12-21-33-27-16-11-10-15-26(27)29(32)30(22(2)3)28(31)25-19-17-24(18-20-25)23-13-8-7-9-14-23/h7-11,13-20,22,29,32H,4-6,12,21H2,1-3H3. The minimum Gasteiger partial charge on any atom is -0.493 e. The van der Waals surface area contributed by atoms with Crippen molar-refractivity contribution in [3.8, 4) is 16.9 Å². The van der Waals surface area contributed by atoms with E-state index < -0.39 is 6.23 Å². The van der Waals surface area contributed by atoms with Crippen LogP contribution in [-0.4, -0.2) is 28.6 Å². The molecule has 0 aliphatic rings. The second-order valence-electron chi connectivity index (χ2n) is 8.57. The SMILES string of the molecule is CCCCCCOc1ccccc1C(O)N(C(=O)c1ccc(-c2ccccc2)cc1)C(C)C. The molecule has 0 fully saturated rings. The molecule has 1 unspecified atom stereocenters. The molecule has 0 heterocycles. The molecule has 0 saturated carbocycles. The van der Waals surface area contributed by atoms with Crippen molar-refractivity contribution in [2.75, 3.05) is 6.61 Å². The lowest BCUT2D eigenvalue weighted by Crippen LogP contribution is -2.40. The number of ether oxygens (including phenoxy) is 1. The van der Waals surface area contributed by atoms with Gasteiger partial charge in [0.2, 0.25) is 0 Å². The minimum atomic E-state index is -1.10. The van der Waals surface area contributed by atoms with E-state index in [2.05, 4.69) is 6.92 Å². The molecule has 1 amide bonds. The lowest BCUT2D eigenvalue weighted by atomic mass is 10.0. The molecule has 4 nitrogen and oxygen atoms in total. The van der Waals surface area contributed by atoms with Crippen molar-refractivity contribution in [1.29, 1.82) is 0 Å². The third-order valence-electron chi connectivity index (χ3n) is 5.75. The summed E-state index contributed by atoms with van der Waals surface area (Å²) in [7, 11) is 0. The van der Waals surface area contributed by atoms with E-state index in [4.69, 9.17) is 4.74 Å². The molecule has 3 rings (SSSR count). The predicted molar refractivity (Wildman–Crippen MR) is 134 cm³/mol. The van der Waals surface area contributed by atoms with Crippen LogP contribution in [0.3, 0.4) is 0 Å². The van der Waals surface area contributed by atoms with E-state index >= 15 is 0 Å². The Morgan fingerprint density at radius 2 is 1.48 bits per heavy atom. The van der Waals surface area contributed by atoms with Gasteiger partial charge in [0.25, 0.3) is 5.91 Å². The molecule has 4 heteroatoms. The number of hydrogen-bond donors (Lipinski definition) is 1. The molecule has 0 aromatic heterocycles. The van der Waals surface area contributed by atoms with Crippen molar-refractivity contribution in [3.05, 3.63) is 90.0 Å². The fraction of sp³-hybridized carbons (Fsp3) is 0.345. The summed E-state index contributed by atoms with van der Waals surface area (Å²) in [5.74, 6) is 0.411. The zero-order valence-electron chi connectivity index (χ0n) is 19.9. The summed E-state index contributed by atoms with van der Waals surface area (Å²) in [5.41, 5.74) is 3.30. The Labute approximate surface area is 197 Å². The average molecular weight is 446 g/mol. The molecule has 0 radical (unpaired) electrons. The van der Waals surface area contributed by atoms with Gasteiger partial charge in [-0.05, 0) is 49.6 Å².